The number of ether oxygens (including phenoxy) is 1. The molecule has 1 N–H and O–H groups in total. The van der Waals surface area contributed by atoms with Crippen LogP contribution < -0.4 is 5.32 Å². The first-order valence-electron chi connectivity index (χ1n) is 8.61. The van der Waals surface area contributed by atoms with Crippen LogP contribution in [0.2, 0.25) is 0 Å². The van der Waals surface area contributed by atoms with Crippen LogP contribution in [0.15, 0.2) is 48.5 Å². The van der Waals surface area contributed by atoms with Crippen LogP contribution in [0.5, 0.6) is 0 Å². The molecular formula is C20H22FN3O2. The van der Waals surface area contributed by atoms with E-state index in [1.54, 1.807) is 12.1 Å². The van der Waals surface area contributed by atoms with Gasteiger partial charge in [-0.3, -0.25) is 4.79 Å². The minimum absolute atomic E-state index is 0.0725. The molecule has 1 heterocycles. The fourth-order valence-electron chi connectivity index (χ4n) is 2.92. The van der Waals surface area contributed by atoms with Crippen LogP contribution in [0.25, 0.3) is 11.0 Å². The van der Waals surface area contributed by atoms with Gasteiger partial charge in [0.2, 0.25) is 5.91 Å². The molecule has 5 nitrogen and oxygen atoms in total. The molecular weight excluding hydrogens is 333 g/mol. The summed E-state index contributed by atoms with van der Waals surface area (Å²) in [4.78, 5) is 16.2. The molecule has 0 radical (unpaired) electrons. The second-order valence-electron chi connectivity index (χ2n) is 6.12. The van der Waals surface area contributed by atoms with E-state index in [9.17, 15) is 9.18 Å². The Kier molecular flexibility index (Phi) is 5.96. The van der Waals surface area contributed by atoms with Crippen molar-refractivity contribution in [2.24, 2.45) is 0 Å². The van der Waals surface area contributed by atoms with E-state index in [-0.39, 0.29) is 18.3 Å². The number of imidazole rings is 1. The number of nitrogens with zero attached hydrogens (tertiary/aromatic N) is 2. The maximum absolute atomic E-state index is 13.2. The number of hydrogen-bond acceptors (Lipinski definition) is 3. The Morgan fingerprint density at radius 2 is 1.96 bits per heavy atom. The maximum atomic E-state index is 13.2. The van der Waals surface area contributed by atoms with Gasteiger partial charge in [-0.05, 0) is 36.2 Å². The molecule has 0 aliphatic rings. The number of benzene rings is 2. The summed E-state index contributed by atoms with van der Waals surface area (Å²) < 4.78 is 20.1. The smallest absolute Gasteiger partial charge is 0.245 e. The fraction of sp³-hybridized carbons (Fsp3) is 0.300. The number of methoxy groups -OCH3 is 1. The summed E-state index contributed by atoms with van der Waals surface area (Å²) >= 11 is 0. The zero-order valence-corrected chi connectivity index (χ0v) is 14.7. The molecule has 0 saturated carbocycles. The number of aryl methyl sites for hydroxylation is 1. The van der Waals surface area contributed by atoms with Crippen molar-refractivity contribution >= 4 is 16.9 Å². The van der Waals surface area contributed by atoms with Crippen LogP contribution in [0.3, 0.4) is 0 Å². The summed E-state index contributed by atoms with van der Waals surface area (Å²) in [5.41, 5.74) is 3.01. The van der Waals surface area contributed by atoms with Gasteiger partial charge in [-0.2, -0.15) is 0 Å². The number of fused-ring (bicyclic) bond motifs is 1. The molecule has 6 heteroatoms. The molecule has 3 aromatic rings. The average Bonchev–Trinajstić information content (AvgIpc) is 2.98. The minimum atomic E-state index is -0.240. The Hall–Kier alpha value is -2.73. The highest BCUT2D eigenvalue weighted by atomic mass is 19.1. The molecule has 3 rings (SSSR count). The Bertz CT molecular complexity index is 874. The lowest BCUT2D eigenvalue weighted by atomic mass is 10.2. The molecule has 0 unspecified atom stereocenters. The summed E-state index contributed by atoms with van der Waals surface area (Å²) in [6, 6.07) is 14.5. The summed E-state index contributed by atoms with van der Waals surface area (Å²) in [7, 11) is 1.50. The Morgan fingerprint density at radius 1 is 1.19 bits per heavy atom. The number of rotatable bonds is 8. The van der Waals surface area contributed by atoms with Crippen molar-refractivity contribution in [3.63, 3.8) is 0 Å². The number of carbonyl (C=O) groups is 1. The van der Waals surface area contributed by atoms with E-state index in [1.165, 1.54) is 19.2 Å². The van der Waals surface area contributed by atoms with E-state index >= 15 is 0 Å². The predicted molar refractivity (Wildman–Crippen MR) is 98.4 cm³/mol. The number of nitrogens with one attached hydrogen (secondary N) is 1. The third-order valence-corrected chi connectivity index (χ3v) is 4.16. The van der Waals surface area contributed by atoms with Crippen LogP contribution >= 0.6 is 0 Å². The number of hydrogen-bond donors (Lipinski definition) is 1. The fourth-order valence-corrected chi connectivity index (χ4v) is 2.92. The standard InChI is InChI=1S/C20H22FN3O2/c1-26-14-20(25)22-12-4-7-19-23-17-5-2-3-6-18(17)24(19)13-15-8-10-16(21)11-9-15/h2-3,5-6,8-11H,4,7,12-14H2,1H3,(H,22,25). The SMILES string of the molecule is COCC(=O)NCCCc1nc2ccccc2n1Cc1ccc(F)cc1. The average molecular weight is 355 g/mol. The molecule has 136 valence electrons. The number of halogens is 1. The molecule has 0 aliphatic carbocycles. The Balaban J connectivity index is 1.74. The lowest BCUT2D eigenvalue weighted by molar-refractivity contribution is -0.124. The number of aromatic nitrogens is 2. The number of carbonyl (C=O) groups excluding carboxylic acids is 1. The van der Waals surface area contributed by atoms with Crippen molar-refractivity contribution in [3.05, 3.63) is 65.7 Å². The zero-order valence-electron chi connectivity index (χ0n) is 14.7. The molecule has 0 atom stereocenters. The predicted octanol–water partition coefficient (Wildman–Crippen LogP) is 2.92. The third kappa shape index (κ3) is 4.46. The van der Waals surface area contributed by atoms with Gasteiger partial charge in [0, 0.05) is 26.6 Å². The van der Waals surface area contributed by atoms with Crippen molar-refractivity contribution in [2.75, 3.05) is 20.3 Å². The van der Waals surface area contributed by atoms with E-state index in [4.69, 9.17) is 9.72 Å². The van der Waals surface area contributed by atoms with Crippen molar-refractivity contribution in [3.8, 4) is 0 Å². The Labute approximate surface area is 151 Å². The van der Waals surface area contributed by atoms with Gasteiger partial charge in [0.1, 0.15) is 18.2 Å². The van der Waals surface area contributed by atoms with Gasteiger partial charge < -0.3 is 14.6 Å². The zero-order chi connectivity index (χ0) is 18.4. The molecule has 0 spiro atoms. The molecule has 0 bridgehead atoms. The summed E-state index contributed by atoms with van der Waals surface area (Å²) in [6.45, 7) is 1.27. The van der Waals surface area contributed by atoms with Crippen LogP contribution in [-0.4, -0.2) is 35.7 Å². The number of amides is 1. The second-order valence-corrected chi connectivity index (χ2v) is 6.12. The molecule has 0 aliphatic heterocycles. The molecule has 1 aromatic heterocycles. The third-order valence-electron chi connectivity index (χ3n) is 4.16. The minimum Gasteiger partial charge on any atom is -0.375 e. The first-order valence-corrected chi connectivity index (χ1v) is 8.61. The highest BCUT2D eigenvalue weighted by Gasteiger charge is 2.11. The van der Waals surface area contributed by atoms with Crippen LogP contribution in [0, 0.1) is 5.82 Å². The molecule has 26 heavy (non-hydrogen) atoms. The van der Waals surface area contributed by atoms with E-state index in [0.717, 1.165) is 35.3 Å². The largest absolute Gasteiger partial charge is 0.375 e. The highest BCUT2D eigenvalue weighted by Crippen LogP contribution is 2.19. The molecule has 0 saturated heterocycles. The van der Waals surface area contributed by atoms with Crippen LogP contribution in [-0.2, 0) is 22.5 Å². The monoisotopic (exact) mass is 355 g/mol. The van der Waals surface area contributed by atoms with Crippen LogP contribution in [0.1, 0.15) is 17.8 Å². The van der Waals surface area contributed by atoms with Crippen LogP contribution in [0.4, 0.5) is 4.39 Å². The molecule has 1 amide bonds. The van der Waals surface area contributed by atoms with Crippen molar-refractivity contribution in [1.82, 2.24) is 14.9 Å². The quantitative estimate of drug-likeness (QED) is 0.632. The van der Waals surface area contributed by atoms with Gasteiger partial charge in [-0.1, -0.05) is 24.3 Å². The normalized spacial score (nSPS) is 11.0. The van der Waals surface area contributed by atoms with Gasteiger partial charge in [0.25, 0.3) is 0 Å². The first kappa shape index (κ1) is 18.1. The first-order chi connectivity index (χ1) is 12.7. The van der Waals surface area contributed by atoms with Gasteiger partial charge in [-0.25, -0.2) is 9.37 Å². The lowest BCUT2D eigenvalue weighted by Gasteiger charge is -2.10. The highest BCUT2D eigenvalue weighted by molar-refractivity contribution is 5.77. The van der Waals surface area contributed by atoms with Gasteiger partial charge in [0.05, 0.1) is 11.0 Å². The topological polar surface area (TPSA) is 56.1 Å². The molecule has 2 aromatic carbocycles. The van der Waals surface area contributed by atoms with Gasteiger partial charge >= 0.3 is 0 Å². The lowest BCUT2D eigenvalue weighted by Crippen LogP contribution is -2.28. The van der Waals surface area contributed by atoms with E-state index in [0.29, 0.717) is 13.1 Å². The number of para-hydroxylation sites is 2. The summed E-state index contributed by atoms with van der Waals surface area (Å²) in [5, 5.41) is 2.82. The molecule has 0 fully saturated rings. The van der Waals surface area contributed by atoms with Crippen molar-refractivity contribution in [1.29, 1.82) is 0 Å². The van der Waals surface area contributed by atoms with E-state index in [2.05, 4.69) is 9.88 Å². The summed E-state index contributed by atoms with van der Waals surface area (Å²) in [5.74, 6) is 0.597. The Morgan fingerprint density at radius 3 is 2.73 bits per heavy atom. The van der Waals surface area contributed by atoms with Gasteiger partial charge in [-0.15, -0.1) is 0 Å². The second kappa shape index (κ2) is 8.58. The summed E-state index contributed by atoms with van der Waals surface area (Å²) in [6.07, 6.45) is 1.52. The maximum Gasteiger partial charge on any atom is 0.245 e. The van der Waals surface area contributed by atoms with Crippen molar-refractivity contribution < 1.29 is 13.9 Å². The van der Waals surface area contributed by atoms with Crippen molar-refractivity contribution in [2.45, 2.75) is 19.4 Å². The van der Waals surface area contributed by atoms with E-state index in [1.807, 2.05) is 24.3 Å². The van der Waals surface area contributed by atoms with Gasteiger partial charge in [0.15, 0.2) is 0 Å². The van der Waals surface area contributed by atoms with E-state index < -0.39 is 0 Å².